The van der Waals surface area contributed by atoms with Crippen LogP contribution in [0.4, 0.5) is 0 Å². The molecular formula is C11H16ClN3O2. The predicted octanol–water partition coefficient (Wildman–Crippen LogP) is 0.518. The first-order valence-electron chi connectivity index (χ1n) is 5.63. The number of carbonyl (C=O) groups excluding carboxylic acids is 1. The van der Waals surface area contributed by atoms with Crippen molar-refractivity contribution in [3.05, 3.63) is 16.4 Å². The van der Waals surface area contributed by atoms with Crippen LogP contribution in [0, 0.1) is 6.92 Å². The number of hydrogen-bond donors (Lipinski definition) is 1. The first kappa shape index (κ1) is 12.4. The lowest BCUT2D eigenvalue weighted by atomic mass is 10.2. The summed E-state index contributed by atoms with van der Waals surface area (Å²) in [5.74, 6) is -0.000417. The van der Waals surface area contributed by atoms with E-state index in [9.17, 15) is 9.90 Å². The fourth-order valence-electron chi connectivity index (χ4n) is 2.11. The number of hydrogen-bond acceptors (Lipinski definition) is 3. The van der Waals surface area contributed by atoms with E-state index in [2.05, 4.69) is 5.10 Å². The molecule has 1 atom stereocenters. The summed E-state index contributed by atoms with van der Waals surface area (Å²) in [7, 11) is 1.75. The zero-order valence-electron chi connectivity index (χ0n) is 9.98. The topological polar surface area (TPSA) is 58.4 Å². The first-order chi connectivity index (χ1) is 7.99. The number of amides is 1. The molecule has 1 saturated heterocycles. The Balaban J connectivity index is 2.08. The van der Waals surface area contributed by atoms with Crippen molar-refractivity contribution in [1.29, 1.82) is 0 Å². The molecule has 0 bridgehead atoms. The lowest BCUT2D eigenvalue weighted by Gasteiger charge is -2.15. The van der Waals surface area contributed by atoms with Crippen molar-refractivity contribution in [2.75, 3.05) is 13.1 Å². The van der Waals surface area contributed by atoms with Crippen molar-refractivity contribution in [2.24, 2.45) is 7.05 Å². The zero-order valence-corrected chi connectivity index (χ0v) is 10.7. The highest BCUT2D eigenvalue weighted by molar-refractivity contribution is 6.30. The molecular weight excluding hydrogens is 242 g/mol. The molecule has 5 nitrogen and oxygen atoms in total. The Morgan fingerprint density at radius 1 is 1.65 bits per heavy atom. The monoisotopic (exact) mass is 257 g/mol. The maximum absolute atomic E-state index is 12.0. The SMILES string of the molecule is Cc1nn(C)c(Cl)c1CC(=O)N1CC[C@H](O)C1. The molecule has 0 unspecified atom stereocenters. The summed E-state index contributed by atoms with van der Waals surface area (Å²) < 4.78 is 1.57. The van der Waals surface area contributed by atoms with Crippen LogP contribution in [0.5, 0.6) is 0 Å². The van der Waals surface area contributed by atoms with Crippen LogP contribution in [-0.4, -0.2) is 44.9 Å². The van der Waals surface area contributed by atoms with E-state index in [1.54, 1.807) is 16.6 Å². The summed E-state index contributed by atoms with van der Waals surface area (Å²) in [6, 6.07) is 0. The second kappa shape index (κ2) is 4.66. The van der Waals surface area contributed by atoms with Crippen LogP contribution in [-0.2, 0) is 18.3 Å². The van der Waals surface area contributed by atoms with Gasteiger partial charge in [-0.1, -0.05) is 11.6 Å². The van der Waals surface area contributed by atoms with E-state index in [4.69, 9.17) is 11.6 Å². The van der Waals surface area contributed by atoms with Crippen LogP contribution in [0.15, 0.2) is 0 Å². The minimum absolute atomic E-state index is 0.000417. The standard InChI is InChI=1S/C11H16ClN3O2/c1-7-9(11(12)14(2)13-7)5-10(17)15-4-3-8(16)6-15/h8,16H,3-6H2,1-2H3/t8-/m0/s1. The fourth-order valence-corrected chi connectivity index (χ4v) is 2.35. The molecule has 1 aliphatic rings. The van der Waals surface area contributed by atoms with Crippen LogP contribution >= 0.6 is 11.6 Å². The van der Waals surface area contributed by atoms with Crippen LogP contribution in [0.25, 0.3) is 0 Å². The van der Waals surface area contributed by atoms with Crippen molar-refractivity contribution in [3.63, 3.8) is 0 Å². The molecule has 1 N–H and O–H groups in total. The van der Waals surface area contributed by atoms with Gasteiger partial charge in [0.15, 0.2) is 0 Å². The Bertz CT molecular complexity index is 444. The third-order valence-corrected chi connectivity index (χ3v) is 3.59. The third-order valence-electron chi connectivity index (χ3n) is 3.11. The summed E-state index contributed by atoms with van der Waals surface area (Å²) in [6.07, 6.45) is 0.529. The van der Waals surface area contributed by atoms with Gasteiger partial charge in [0.05, 0.1) is 18.2 Å². The number of aromatic nitrogens is 2. The van der Waals surface area contributed by atoms with E-state index >= 15 is 0 Å². The van der Waals surface area contributed by atoms with Crippen molar-refractivity contribution in [1.82, 2.24) is 14.7 Å². The molecule has 0 spiro atoms. The van der Waals surface area contributed by atoms with E-state index in [1.165, 1.54) is 0 Å². The molecule has 1 aromatic heterocycles. The van der Waals surface area contributed by atoms with E-state index in [-0.39, 0.29) is 18.4 Å². The Labute approximate surface area is 105 Å². The van der Waals surface area contributed by atoms with Crippen LogP contribution < -0.4 is 0 Å². The molecule has 6 heteroatoms. The van der Waals surface area contributed by atoms with Gasteiger partial charge in [0.25, 0.3) is 0 Å². The zero-order chi connectivity index (χ0) is 12.6. The third kappa shape index (κ3) is 2.45. The van der Waals surface area contributed by atoms with Gasteiger partial charge in [0, 0.05) is 25.7 Å². The number of carbonyl (C=O) groups is 1. The second-order valence-corrected chi connectivity index (χ2v) is 4.80. The average molecular weight is 258 g/mol. The van der Waals surface area contributed by atoms with Gasteiger partial charge in [-0.05, 0) is 13.3 Å². The lowest BCUT2D eigenvalue weighted by molar-refractivity contribution is -0.129. The maximum Gasteiger partial charge on any atom is 0.227 e. The molecule has 1 fully saturated rings. The Hall–Kier alpha value is -1.07. The number of rotatable bonds is 2. The summed E-state index contributed by atoms with van der Waals surface area (Å²) in [4.78, 5) is 13.7. The molecule has 1 amide bonds. The summed E-state index contributed by atoms with van der Waals surface area (Å²) in [6.45, 7) is 2.89. The van der Waals surface area contributed by atoms with Crippen molar-refractivity contribution < 1.29 is 9.90 Å². The highest BCUT2D eigenvalue weighted by atomic mass is 35.5. The van der Waals surface area contributed by atoms with Gasteiger partial charge >= 0.3 is 0 Å². The Kier molecular flexibility index (Phi) is 3.40. The number of nitrogens with zero attached hydrogens (tertiary/aromatic N) is 3. The summed E-state index contributed by atoms with van der Waals surface area (Å²) in [5.41, 5.74) is 1.56. The largest absolute Gasteiger partial charge is 0.391 e. The summed E-state index contributed by atoms with van der Waals surface area (Å²) >= 11 is 6.07. The molecule has 0 saturated carbocycles. The predicted molar refractivity (Wildman–Crippen MR) is 63.9 cm³/mol. The lowest BCUT2D eigenvalue weighted by Crippen LogP contribution is -2.31. The van der Waals surface area contributed by atoms with Crippen molar-refractivity contribution in [3.8, 4) is 0 Å². The van der Waals surface area contributed by atoms with Gasteiger partial charge in [-0.2, -0.15) is 5.10 Å². The number of aryl methyl sites for hydroxylation is 2. The second-order valence-electron chi connectivity index (χ2n) is 4.44. The molecule has 1 aromatic rings. The number of aliphatic hydroxyl groups is 1. The normalized spacial score (nSPS) is 20.0. The fraction of sp³-hybridized carbons (Fsp3) is 0.636. The number of halogens is 1. The van der Waals surface area contributed by atoms with Gasteiger partial charge in [-0.3, -0.25) is 9.48 Å². The van der Waals surface area contributed by atoms with Crippen LogP contribution in [0.2, 0.25) is 5.15 Å². The minimum Gasteiger partial charge on any atom is -0.391 e. The molecule has 2 rings (SSSR count). The molecule has 17 heavy (non-hydrogen) atoms. The van der Waals surface area contributed by atoms with Crippen LogP contribution in [0.1, 0.15) is 17.7 Å². The number of aliphatic hydroxyl groups excluding tert-OH is 1. The molecule has 0 aliphatic carbocycles. The maximum atomic E-state index is 12.0. The highest BCUT2D eigenvalue weighted by Crippen LogP contribution is 2.20. The molecule has 1 aliphatic heterocycles. The van der Waals surface area contributed by atoms with Gasteiger partial charge in [-0.15, -0.1) is 0 Å². The van der Waals surface area contributed by atoms with E-state index < -0.39 is 0 Å². The number of β-amino-alcohol motifs (C(OH)–C–C–N with tert-alkyl or cyclic N) is 1. The van der Waals surface area contributed by atoms with E-state index in [0.717, 1.165) is 11.3 Å². The molecule has 94 valence electrons. The van der Waals surface area contributed by atoms with Crippen LogP contribution in [0.3, 0.4) is 0 Å². The van der Waals surface area contributed by atoms with Gasteiger partial charge in [-0.25, -0.2) is 0 Å². The minimum atomic E-state index is -0.385. The van der Waals surface area contributed by atoms with Crippen molar-refractivity contribution >= 4 is 17.5 Å². The molecule has 2 heterocycles. The first-order valence-corrected chi connectivity index (χ1v) is 6.00. The number of likely N-dealkylation sites (tertiary alicyclic amines) is 1. The van der Waals surface area contributed by atoms with E-state index in [0.29, 0.717) is 24.7 Å². The molecule has 0 radical (unpaired) electrons. The van der Waals surface area contributed by atoms with E-state index in [1.807, 2.05) is 6.92 Å². The Morgan fingerprint density at radius 2 is 2.35 bits per heavy atom. The van der Waals surface area contributed by atoms with Crippen molar-refractivity contribution in [2.45, 2.75) is 25.9 Å². The van der Waals surface area contributed by atoms with Gasteiger partial charge in [0.1, 0.15) is 5.15 Å². The molecule has 0 aromatic carbocycles. The smallest absolute Gasteiger partial charge is 0.227 e. The van der Waals surface area contributed by atoms with Gasteiger partial charge in [0.2, 0.25) is 5.91 Å². The highest BCUT2D eigenvalue weighted by Gasteiger charge is 2.26. The Morgan fingerprint density at radius 3 is 2.82 bits per heavy atom. The quantitative estimate of drug-likeness (QED) is 0.840. The average Bonchev–Trinajstić information content (AvgIpc) is 2.79. The van der Waals surface area contributed by atoms with Gasteiger partial charge < -0.3 is 10.0 Å². The summed E-state index contributed by atoms with van der Waals surface area (Å²) in [5, 5.41) is 14.1.